The summed E-state index contributed by atoms with van der Waals surface area (Å²) in [6.45, 7) is 8.86. The maximum Gasteiger partial charge on any atom is 0.0430 e. The van der Waals surface area contributed by atoms with Gasteiger partial charge < -0.3 is 10.6 Å². The lowest BCUT2D eigenvalue weighted by molar-refractivity contribution is 0.786. The monoisotopic (exact) mass is 268 g/mol. The van der Waals surface area contributed by atoms with Gasteiger partial charge in [0.25, 0.3) is 0 Å². The van der Waals surface area contributed by atoms with Crippen molar-refractivity contribution >= 4 is 5.69 Å². The average molecular weight is 268 g/mol. The zero-order valence-corrected chi connectivity index (χ0v) is 12.7. The van der Waals surface area contributed by atoms with Crippen LogP contribution in [0.15, 0.2) is 42.5 Å². The Hall–Kier alpha value is -1.80. The first kappa shape index (κ1) is 14.6. The number of benzene rings is 2. The van der Waals surface area contributed by atoms with E-state index in [2.05, 4.69) is 68.1 Å². The zero-order chi connectivity index (χ0) is 14.5. The predicted molar refractivity (Wildman–Crippen MR) is 87.2 cm³/mol. The molecule has 2 heteroatoms. The van der Waals surface area contributed by atoms with Gasteiger partial charge in [0.1, 0.15) is 0 Å². The van der Waals surface area contributed by atoms with Crippen molar-refractivity contribution in [1.29, 1.82) is 0 Å². The Kier molecular flexibility index (Phi) is 4.80. The number of hydrogen-bond acceptors (Lipinski definition) is 2. The number of aryl methyl sites for hydroxylation is 3. The summed E-state index contributed by atoms with van der Waals surface area (Å²) in [5.41, 5.74) is 12.3. The third-order valence-electron chi connectivity index (χ3n) is 3.59. The van der Waals surface area contributed by atoms with Crippen LogP contribution in [-0.4, -0.2) is 13.1 Å². The summed E-state index contributed by atoms with van der Waals surface area (Å²) < 4.78 is 0. The molecule has 0 spiro atoms. The van der Waals surface area contributed by atoms with Gasteiger partial charge >= 0.3 is 0 Å². The Labute approximate surface area is 122 Å². The van der Waals surface area contributed by atoms with E-state index in [1.807, 2.05) is 0 Å². The van der Waals surface area contributed by atoms with E-state index in [0.29, 0.717) is 6.54 Å². The lowest BCUT2D eigenvalue weighted by Crippen LogP contribution is -2.29. The van der Waals surface area contributed by atoms with Gasteiger partial charge in [-0.15, -0.1) is 0 Å². The molecule has 0 unspecified atom stereocenters. The van der Waals surface area contributed by atoms with Crippen molar-refractivity contribution in [3.63, 3.8) is 0 Å². The summed E-state index contributed by atoms with van der Waals surface area (Å²) in [5, 5.41) is 0. The minimum absolute atomic E-state index is 0.666. The van der Waals surface area contributed by atoms with Crippen molar-refractivity contribution in [3.8, 4) is 0 Å². The molecule has 0 heterocycles. The summed E-state index contributed by atoms with van der Waals surface area (Å²) in [5.74, 6) is 0. The van der Waals surface area contributed by atoms with Crippen LogP contribution in [0.5, 0.6) is 0 Å². The van der Waals surface area contributed by atoms with Crippen LogP contribution in [0.4, 0.5) is 5.69 Å². The van der Waals surface area contributed by atoms with Crippen LogP contribution < -0.4 is 10.6 Å². The number of rotatable bonds is 5. The topological polar surface area (TPSA) is 29.3 Å². The van der Waals surface area contributed by atoms with Crippen LogP contribution in [0, 0.1) is 20.8 Å². The molecule has 0 fully saturated rings. The Bertz CT molecular complexity index is 558. The number of anilines is 1. The van der Waals surface area contributed by atoms with Crippen molar-refractivity contribution in [2.75, 3.05) is 18.0 Å². The van der Waals surface area contributed by atoms with Crippen LogP contribution in [0.3, 0.4) is 0 Å². The fraction of sp³-hybridized carbons (Fsp3) is 0.333. The second kappa shape index (κ2) is 6.58. The molecule has 0 aliphatic rings. The minimum atomic E-state index is 0.666. The van der Waals surface area contributed by atoms with Crippen molar-refractivity contribution < 1.29 is 0 Å². The highest BCUT2D eigenvalue weighted by Gasteiger charge is 2.09. The Morgan fingerprint density at radius 1 is 0.900 bits per heavy atom. The van der Waals surface area contributed by atoms with E-state index >= 15 is 0 Å². The first-order valence-corrected chi connectivity index (χ1v) is 7.18. The molecule has 0 bridgehead atoms. The maximum atomic E-state index is 5.78. The van der Waals surface area contributed by atoms with Crippen molar-refractivity contribution in [3.05, 3.63) is 64.7 Å². The van der Waals surface area contributed by atoms with E-state index in [1.54, 1.807) is 0 Å². The highest BCUT2D eigenvalue weighted by atomic mass is 15.1. The molecule has 0 radical (unpaired) electrons. The van der Waals surface area contributed by atoms with E-state index in [-0.39, 0.29) is 0 Å². The molecule has 0 amide bonds. The molecular weight excluding hydrogens is 244 g/mol. The molecular formula is C18H24N2. The second-order valence-electron chi connectivity index (χ2n) is 5.49. The van der Waals surface area contributed by atoms with Crippen LogP contribution in [-0.2, 0) is 6.54 Å². The van der Waals surface area contributed by atoms with Gasteiger partial charge in [-0.3, -0.25) is 0 Å². The Morgan fingerprint density at radius 3 is 2.15 bits per heavy atom. The normalized spacial score (nSPS) is 10.6. The molecule has 2 aromatic rings. The molecule has 0 atom stereocenters. The smallest absolute Gasteiger partial charge is 0.0430 e. The predicted octanol–water partition coefficient (Wildman–Crippen LogP) is 3.58. The number of nitrogens with two attached hydrogens (primary N) is 1. The zero-order valence-electron chi connectivity index (χ0n) is 12.7. The van der Waals surface area contributed by atoms with E-state index in [0.717, 1.165) is 13.1 Å². The highest BCUT2D eigenvalue weighted by Crippen LogP contribution is 2.23. The third kappa shape index (κ3) is 3.61. The van der Waals surface area contributed by atoms with Gasteiger partial charge in [0, 0.05) is 25.3 Å². The van der Waals surface area contributed by atoms with Crippen LogP contribution in [0.2, 0.25) is 0 Å². The van der Waals surface area contributed by atoms with Gasteiger partial charge in [-0.1, -0.05) is 47.5 Å². The number of hydrogen-bond donors (Lipinski definition) is 1. The third-order valence-corrected chi connectivity index (χ3v) is 3.59. The van der Waals surface area contributed by atoms with Gasteiger partial charge in [-0.25, -0.2) is 0 Å². The first-order valence-electron chi connectivity index (χ1n) is 7.18. The maximum absolute atomic E-state index is 5.78. The molecule has 2 rings (SSSR count). The summed E-state index contributed by atoms with van der Waals surface area (Å²) in [4.78, 5) is 2.36. The van der Waals surface area contributed by atoms with E-state index < -0.39 is 0 Å². The fourth-order valence-electron chi connectivity index (χ4n) is 2.51. The summed E-state index contributed by atoms with van der Waals surface area (Å²) in [6, 6.07) is 15.3. The molecule has 2 nitrogen and oxygen atoms in total. The molecule has 0 aromatic heterocycles. The van der Waals surface area contributed by atoms with Crippen LogP contribution in [0.25, 0.3) is 0 Å². The molecule has 2 aromatic carbocycles. The second-order valence-corrected chi connectivity index (χ2v) is 5.49. The largest absolute Gasteiger partial charge is 0.366 e. The van der Waals surface area contributed by atoms with Gasteiger partial charge in [-0.2, -0.15) is 0 Å². The lowest BCUT2D eigenvalue weighted by atomic mass is 10.1. The molecule has 0 saturated carbocycles. The molecule has 0 aliphatic heterocycles. The summed E-state index contributed by atoms with van der Waals surface area (Å²) in [7, 11) is 0. The van der Waals surface area contributed by atoms with Crippen LogP contribution in [0.1, 0.15) is 22.3 Å². The van der Waals surface area contributed by atoms with Gasteiger partial charge in [0.05, 0.1) is 0 Å². The molecule has 106 valence electrons. The fourth-order valence-corrected chi connectivity index (χ4v) is 2.51. The first-order chi connectivity index (χ1) is 9.60. The van der Waals surface area contributed by atoms with Crippen molar-refractivity contribution in [2.45, 2.75) is 27.3 Å². The van der Waals surface area contributed by atoms with Gasteiger partial charge in [-0.05, 0) is 38.0 Å². The Morgan fingerprint density at radius 2 is 1.55 bits per heavy atom. The Balaban J connectivity index is 2.24. The molecule has 0 saturated heterocycles. The van der Waals surface area contributed by atoms with E-state index in [9.17, 15) is 0 Å². The number of nitrogens with zero attached hydrogens (tertiary/aromatic N) is 1. The molecule has 2 N–H and O–H groups in total. The average Bonchev–Trinajstić information content (AvgIpc) is 2.41. The van der Waals surface area contributed by atoms with E-state index in [4.69, 9.17) is 5.73 Å². The summed E-state index contributed by atoms with van der Waals surface area (Å²) >= 11 is 0. The van der Waals surface area contributed by atoms with Gasteiger partial charge in [0.2, 0.25) is 0 Å². The quantitative estimate of drug-likeness (QED) is 0.898. The minimum Gasteiger partial charge on any atom is -0.366 e. The summed E-state index contributed by atoms with van der Waals surface area (Å²) in [6.07, 6.45) is 0. The standard InChI is InChI=1S/C18H24N2/c1-14-4-7-17(8-5-14)13-20(11-10-19)18-9-6-15(2)12-16(18)3/h4-9,12H,10-11,13,19H2,1-3H3. The van der Waals surface area contributed by atoms with Crippen molar-refractivity contribution in [2.24, 2.45) is 5.73 Å². The highest BCUT2D eigenvalue weighted by molar-refractivity contribution is 5.54. The van der Waals surface area contributed by atoms with Crippen LogP contribution >= 0.6 is 0 Å². The van der Waals surface area contributed by atoms with Crippen molar-refractivity contribution in [1.82, 2.24) is 0 Å². The van der Waals surface area contributed by atoms with Gasteiger partial charge in [0.15, 0.2) is 0 Å². The molecule has 0 aliphatic carbocycles. The SMILES string of the molecule is Cc1ccc(CN(CCN)c2ccc(C)cc2C)cc1. The van der Waals surface area contributed by atoms with E-state index in [1.165, 1.54) is 27.9 Å². The molecule has 20 heavy (non-hydrogen) atoms. The lowest BCUT2D eigenvalue weighted by Gasteiger charge is -2.26.